The highest BCUT2D eigenvalue weighted by Gasteiger charge is 2.40. The Morgan fingerprint density at radius 2 is 2.10 bits per heavy atom. The zero-order chi connectivity index (χ0) is 15.0. The molecule has 3 rings (SSSR count). The van der Waals surface area contributed by atoms with Crippen LogP contribution in [-0.2, 0) is 4.79 Å². The van der Waals surface area contributed by atoms with Crippen molar-refractivity contribution in [1.82, 2.24) is 4.90 Å². The first-order valence-corrected chi connectivity index (χ1v) is 7.71. The Morgan fingerprint density at radius 3 is 2.81 bits per heavy atom. The lowest BCUT2D eigenvalue weighted by Gasteiger charge is -2.29. The summed E-state index contributed by atoms with van der Waals surface area (Å²) in [5, 5.41) is 9.95. The van der Waals surface area contributed by atoms with Crippen LogP contribution in [0.2, 0.25) is 0 Å². The second-order valence-corrected chi connectivity index (χ2v) is 6.19. The lowest BCUT2D eigenvalue weighted by Crippen LogP contribution is -2.41. The van der Waals surface area contributed by atoms with Crippen LogP contribution >= 0.6 is 0 Å². The quantitative estimate of drug-likeness (QED) is 0.909. The van der Waals surface area contributed by atoms with E-state index in [-0.39, 0.29) is 23.6 Å². The van der Waals surface area contributed by atoms with Crippen LogP contribution in [0.4, 0.5) is 0 Å². The van der Waals surface area contributed by atoms with Crippen LogP contribution in [0.25, 0.3) is 0 Å². The number of carbonyl (C=O) groups excluding carboxylic acids is 2. The van der Waals surface area contributed by atoms with Gasteiger partial charge in [0.1, 0.15) is 11.5 Å². The number of phenols is 1. The van der Waals surface area contributed by atoms with Gasteiger partial charge in [0.15, 0.2) is 0 Å². The monoisotopic (exact) mass is 287 g/mol. The molecule has 1 saturated carbocycles. The number of nitrogens with zero attached hydrogens (tertiary/aromatic N) is 1. The predicted molar refractivity (Wildman–Crippen MR) is 79.3 cm³/mol. The first kappa shape index (κ1) is 14.1. The minimum atomic E-state index is -0.140. The number of likely N-dealkylation sites (tertiary alicyclic amines) is 1. The Labute approximate surface area is 124 Å². The normalized spacial score (nSPS) is 25.6. The molecule has 1 amide bonds. The number of ketones is 1. The van der Waals surface area contributed by atoms with E-state index in [1.165, 1.54) is 0 Å². The van der Waals surface area contributed by atoms with E-state index in [0.29, 0.717) is 24.3 Å². The minimum Gasteiger partial charge on any atom is -0.507 e. The van der Waals surface area contributed by atoms with Gasteiger partial charge in [0, 0.05) is 24.9 Å². The van der Waals surface area contributed by atoms with E-state index < -0.39 is 0 Å². The maximum atomic E-state index is 12.7. The summed E-state index contributed by atoms with van der Waals surface area (Å²) in [6.45, 7) is 2.58. The molecule has 1 aromatic rings. The molecule has 1 heterocycles. The van der Waals surface area contributed by atoms with Crippen LogP contribution in [0.15, 0.2) is 18.2 Å². The summed E-state index contributed by atoms with van der Waals surface area (Å²) < 4.78 is 0. The van der Waals surface area contributed by atoms with E-state index in [1.807, 2.05) is 11.8 Å². The van der Waals surface area contributed by atoms with Crippen LogP contribution in [0, 0.1) is 12.8 Å². The number of aryl methyl sites for hydroxylation is 1. The van der Waals surface area contributed by atoms with Gasteiger partial charge in [-0.15, -0.1) is 0 Å². The summed E-state index contributed by atoms with van der Waals surface area (Å²) in [5.41, 5.74) is 1.30. The standard InChI is InChI=1S/C17H21NO3/c1-11-7-8-16(20)13(10-11)17(21)18-9-3-5-14(18)12-4-2-6-15(12)19/h7-8,10,12,14,20H,2-6,9H2,1H3. The number of carbonyl (C=O) groups is 2. The van der Waals surface area contributed by atoms with Gasteiger partial charge < -0.3 is 10.0 Å². The van der Waals surface area contributed by atoms with Crippen molar-refractivity contribution < 1.29 is 14.7 Å². The molecule has 112 valence electrons. The third kappa shape index (κ3) is 2.55. The van der Waals surface area contributed by atoms with E-state index in [2.05, 4.69) is 0 Å². The largest absolute Gasteiger partial charge is 0.507 e. The van der Waals surface area contributed by atoms with E-state index in [9.17, 15) is 14.7 Å². The van der Waals surface area contributed by atoms with E-state index in [0.717, 1.165) is 31.2 Å². The maximum Gasteiger partial charge on any atom is 0.257 e. The van der Waals surface area contributed by atoms with Crippen molar-refractivity contribution in [3.05, 3.63) is 29.3 Å². The van der Waals surface area contributed by atoms with E-state index >= 15 is 0 Å². The maximum absolute atomic E-state index is 12.7. The summed E-state index contributed by atoms with van der Waals surface area (Å²) in [5.74, 6) is 0.184. The van der Waals surface area contributed by atoms with Crippen molar-refractivity contribution in [1.29, 1.82) is 0 Å². The van der Waals surface area contributed by atoms with Crippen molar-refractivity contribution in [2.75, 3.05) is 6.54 Å². The molecule has 4 nitrogen and oxygen atoms in total. The van der Waals surface area contributed by atoms with Crippen LogP contribution in [0.1, 0.15) is 48.0 Å². The highest BCUT2D eigenvalue weighted by atomic mass is 16.3. The van der Waals surface area contributed by atoms with Gasteiger partial charge in [-0.2, -0.15) is 0 Å². The molecule has 2 aliphatic rings. The van der Waals surface area contributed by atoms with Gasteiger partial charge in [-0.05, 0) is 44.7 Å². The molecular weight excluding hydrogens is 266 g/mol. The van der Waals surface area contributed by atoms with Crippen molar-refractivity contribution >= 4 is 11.7 Å². The molecule has 1 N–H and O–H groups in total. The Morgan fingerprint density at radius 1 is 1.29 bits per heavy atom. The fraction of sp³-hybridized carbons (Fsp3) is 0.529. The fourth-order valence-corrected chi connectivity index (χ4v) is 3.69. The molecule has 0 spiro atoms. The number of amides is 1. The molecule has 2 unspecified atom stereocenters. The number of Topliss-reactive ketones (excluding diaryl/α,β-unsaturated/α-hetero) is 1. The predicted octanol–water partition coefficient (Wildman–Crippen LogP) is 2.67. The zero-order valence-corrected chi connectivity index (χ0v) is 12.3. The number of benzene rings is 1. The molecule has 0 aromatic heterocycles. The van der Waals surface area contributed by atoms with Gasteiger partial charge in [0.05, 0.1) is 5.56 Å². The van der Waals surface area contributed by atoms with Gasteiger partial charge >= 0.3 is 0 Å². The van der Waals surface area contributed by atoms with Gasteiger partial charge in [-0.3, -0.25) is 9.59 Å². The lowest BCUT2D eigenvalue weighted by molar-refractivity contribution is -0.121. The first-order chi connectivity index (χ1) is 10.1. The molecule has 1 aromatic carbocycles. The van der Waals surface area contributed by atoms with Crippen molar-refractivity contribution in [3.8, 4) is 5.75 Å². The molecule has 2 atom stereocenters. The van der Waals surface area contributed by atoms with Crippen molar-refractivity contribution in [2.24, 2.45) is 5.92 Å². The molecule has 1 aliphatic heterocycles. The van der Waals surface area contributed by atoms with Gasteiger partial charge in [0.25, 0.3) is 5.91 Å². The van der Waals surface area contributed by atoms with Gasteiger partial charge in [-0.25, -0.2) is 0 Å². The van der Waals surface area contributed by atoms with Gasteiger partial charge in [-0.1, -0.05) is 11.6 Å². The Kier molecular flexibility index (Phi) is 3.70. The number of hydrogen-bond donors (Lipinski definition) is 1. The second kappa shape index (κ2) is 5.51. The summed E-state index contributed by atoms with van der Waals surface area (Å²) >= 11 is 0. The average molecular weight is 287 g/mol. The van der Waals surface area contributed by atoms with Gasteiger partial charge in [0.2, 0.25) is 0 Å². The Balaban J connectivity index is 1.86. The number of rotatable bonds is 2. The third-order valence-electron chi connectivity index (χ3n) is 4.76. The van der Waals surface area contributed by atoms with Crippen LogP contribution in [0.3, 0.4) is 0 Å². The Bertz CT molecular complexity index is 581. The molecule has 0 bridgehead atoms. The fourth-order valence-electron chi connectivity index (χ4n) is 3.69. The van der Waals surface area contributed by atoms with Crippen LogP contribution < -0.4 is 0 Å². The molecule has 0 radical (unpaired) electrons. The number of aromatic hydroxyl groups is 1. The molecule has 4 heteroatoms. The number of hydrogen-bond acceptors (Lipinski definition) is 3. The third-order valence-corrected chi connectivity index (χ3v) is 4.76. The summed E-state index contributed by atoms with van der Waals surface area (Å²) in [6.07, 6.45) is 4.32. The van der Waals surface area contributed by atoms with Crippen molar-refractivity contribution in [3.63, 3.8) is 0 Å². The van der Waals surface area contributed by atoms with Crippen molar-refractivity contribution in [2.45, 2.75) is 45.1 Å². The second-order valence-electron chi connectivity index (χ2n) is 6.19. The summed E-state index contributed by atoms with van der Waals surface area (Å²) in [7, 11) is 0. The minimum absolute atomic E-state index is 0.00315. The molecule has 2 fully saturated rings. The Hall–Kier alpha value is -1.84. The SMILES string of the molecule is Cc1ccc(O)c(C(=O)N2CCCC2C2CCCC2=O)c1. The highest BCUT2D eigenvalue weighted by molar-refractivity contribution is 5.98. The smallest absolute Gasteiger partial charge is 0.257 e. The zero-order valence-electron chi connectivity index (χ0n) is 12.3. The molecule has 21 heavy (non-hydrogen) atoms. The highest BCUT2D eigenvalue weighted by Crippen LogP contribution is 2.35. The van der Waals surface area contributed by atoms with E-state index in [4.69, 9.17) is 0 Å². The lowest BCUT2D eigenvalue weighted by atomic mass is 9.94. The average Bonchev–Trinajstić information content (AvgIpc) is 3.08. The molecule has 1 saturated heterocycles. The summed E-state index contributed by atoms with van der Waals surface area (Å²) in [4.78, 5) is 26.6. The van der Waals surface area contributed by atoms with Crippen LogP contribution in [0.5, 0.6) is 5.75 Å². The topological polar surface area (TPSA) is 57.6 Å². The summed E-state index contributed by atoms with van der Waals surface area (Å²) in [6, 6.07) is 5.10. The van der Waals surface area contributed by atoms with Crippen LogP contribution in [-0.4, -0.2) is 34.3 Å². The van der Waals surface area contributed by atoms with E-state index in [1.54, 1.807) is 18.2 Å². The first-order valence-electron chi connectivity index (χ1n) is 7.71. The molecular formula is C17H21NO3. The molecule has 1 aliphatic carbocycles. The number of phenolic OH excluding ortho intramolecular Hbond substituents is 1.